The van der Waals surface area contributed by atoms with Gasteiger partial charge in [0.05, 0.1) is 5.02 Å². The van der Waals surface area contributed by atoms with Crippen LogP contribution in [0.3, 0.4) is 0 Å². The monoisotopic (exact) mass is 284 g/mol. The van der Waals surface area contributed by atoms with Crippen LogP contribution in [-0.2, 0) is 11.3 Å². The maximum absolute atomic E-state index is 13.0. The third-order valence-corrected chi connectivity index (χ3v) is 3.81. The van der Waals surface area contributed by atoms with Gasteiger partial charge < -0.3 is 10.2 Å². The van der Waals surface area contributed by atoms with Crippen LogP contribution in [0.2, 0.25) is 5.02 Å². The maximum atomic E-state index is 13.0. The Morgan fingerprint density at radius 3 is 2.74 bits per heavy atom. The largest absolute Gasteiger partial charge is 0.343 e. The molecule has 104 valence electrons. The standard InChI is InChI=1S/C14H18ClFN2O/c1-10(19)18-6-4-12(5-7-18)17-9-11-2-3-14(16)13(15)8-11/h2-3,8,12,17H,4-7,9H2,1H3. The van der Waals surface area contributed by atoms with E-state index >= 15 is 0 Å². The topological polar surface area (TPSA) is 32.3 Å². The predicted molar refractivity (Wildman–Crippen MR) is 73.5 cm³/mol. The van der Waals surface area contributed by atoms with Crippen LogP contribution in [-0.4, -0.2) is 29.9 Å². The number of amides is 1. The molecule has 0 atom stereocenters. The van der Waals surface area contributed by atoms with Crippen LogP contribution in [0.4, 0.5) is 4.39 Å². The highest BCUT2D eigenvalue weighted by atomic mass is 35.5. The summed E-state index contributed by atoms with van der Waals surface area (Å²) in [6.45, 7) is 3.88. The molecule has 1 fully saturated rings. The molecule has 0 bridgehead atoms. The van der Waals surface area contributed by atoms with E-state index in [-0.39, 0.29) is 16.7 Å². The molecule has 1 heterocycles. The van der Waals surface area contributed by atoms with Crippen LogP contribution in [0.25, 0.3) is 0 Å². The Bertz CT molecular complexity index is 459. The number of likely N-dealkylation sites (tertiary alicyclic amines) is 1. The first-order valence-electron chi connectivity index (χ1n) is 6.49. The highest BCUT2D eigenvalue weighted by Crippen LogP contribution is 2.17. The van der Waals surface area contributed by atoms with E-state index in [9.17, 15) is 9.18 Å². The average Bonchev–Trinajstić information content (AvgIpc) is 2.40. The summed E-state index contributed by atoms with van der Waals surface area (Å²) >= 11 is 5.74. The second-order valence-corrected chi connectivity index (χ2v) is 5.32. The number of benzene rings is 1. The fraction of sp³-hybridized carbons (Fsp3) is 0.500. The number of nitrogens with one attached hydrogen (secondary N) is 1. The summed E-state index contributed by atoms with van der Waals surface area (Å²) in [6.07, 6.45) is 1.91. The van der Waals surface area contributed by atoms with E-state index < -0.39 is 0 Å². The molecule has 1 aliphatic rings. The van der Waals surface area contributed by atoms with E-state index in [4.69, 9.17) is 11.6 Å². The summed E-state index contributed by atoms with van der Waals surface area (Å²) in [5.41, 5.74) is 0.973. The van der Waals surface area contributed by atoms with Crippen LogP contribution in [0.1, 0.15) is 25.3 Å². The fourth-order valence-corrected chi connectivity index (χ4v) is 2.51. The van der Waals surface area contributed by atoms with Gasteiger partial charge in [-0.2, -0.15) is 0 Å². The van der Waals surface area contributed by atoms with Gasteiger partial charge in [-0.25, -0.2) is 4.39 Å². The van der Waals surface area contributed by atoms with Gasteiger partial charge in [-0.05, 0) is 30.5 Å². The Morgan fingerprint density at radius 2 is 2.16 bits per heavy atom. The first-order chi connectivity index (χ1) is 9.06. The number of halogens is 2. The minimum Gasteiger partial charge on any atom is -0.343 e. The van der Waals surface area contributed by atoms with Crippen molar-refractivity contribution in [2.75, 3.05) is 13.1 Å². The quantitative estimate of drug-likeness (QED) is 0.925. The van der Waals surface area contributed by atoms with E-state index in [1.54, 1.807) is 19.1 Å². The molecule has 5 heteroatoms. The molecule has 1 N–H and O–H groups in total. The van der Waals surface area contributed by atoms with Crippen molar-refractivity contribution in [2.24, 2.45) is 0 Å². The normalized spacial score (nSPS) is 16.7. The van der Waals surface area contributed by atoms with Crippen molar-refractivity contribution in [2.45, 2.75) is 32.4 Å². The Hall–Kier alpha value is -1.13. The average molecular weight is 285 g/mol. The summed E-state index contributed by atoms with van der Waals surface area (Å²) in [5.74, 6) is -0.246. The molecule has 1 saturated heterocycles. The molecule has 19 heavy (non-hydrogen) atoms. The van der Waals surface area contributed by atoms with Crippen molar-refractivity contribution in [1.82, 2.24) is 10.2 Å². The van der Waals surface area contributed by atoms with Crippen molar-refractivity contribution in [3.8, 4) is 0 Å². The van der Waals surface area contributed by atoms with E-state index in [1.165, 1.54) is 6.07 Å². The Morgan fingerprint density at radius 1 is 1.47 bits per heavy atom. The SMILES string of the molecule is CC(=O)N1CCC(NCc2ccc(F)c(Cl)c2)CC1. The van der Waals surface area contributed by atoms with Crippen LogP contribution in [0.15, 0.2) is 18.2 Å². The van der Waals surface area contributed by atoms with E-state index in [0.717, 1.165) is 31.5 Å². The summed E-state index contributed by atoms with van der Waals surface area (Å²) in [6, 6.07) is 5.17. The molecule has 0 radical (unpaired) electrons. The summed E-state index contributed by atoms with van der Waals surface area (Å²) in [7, 11) is 0. The molecule has 0 aromatic heterocycles. The van der Waals surface area contributed by atoms with Crippen LogP contribution >= 0.6 is 11.6 Å². The van der Waals surface area contributed by atoms with Gasteiger partial charge in [0.1, 0.15) is 5.82 Å². The van der Waals surface area contributed by atoms with Crippen molar-refractivity contribution in [3.05, 3.63) is 34.6 Å². The molecular formula is C14H18ClFN2O. The highest BCUT2D eigenvalue weighted by molar-refractivity contribution is 6.30. The van der Waals surface area contributed by atoms with Crippen molar-refractivity contribution in [1.29, 1.82) is 0 Å². The molecule has 1 amide bonds. The number of hydrogen-bond donors (Lipinski definition) is 1. The minimum absolute atomic E-state index is 0.142. The smallest absolute Gasteiger partial charge is 0.219 e. The second-order valence-electron chi connectivity index (χ2n) is 4.91. The molecule has 0 unspecified atom stereocenters. The predicted octanol–water partition coefficient (Wildman–Crippen LogP) is 2.58. The number of piperidine rings is 1. The van der Waals surface area contributed by atoms with Gasteiger partial charge >= 0.3 is 0 Å². The zero-order valence-electron chi connectivity index (χ0n) is 11.0. The number of carbonyl (C=O) groups excluding carboxylic acids is 1. The Balaban J connectivity index is 1.80. The summed E-state index contributed by atoms with van der Waals surface area (Å²) < 4.78 is 13.0. The first kappa shape index (κ1) is 14.3. The van der Waals surface area contributed by atoms with Crippen molar-refractivity contribution in [3.63, 3.8) is 0 Å². The van der Waals surface area contributed by atoms with E-state index in [2.05, 4.69) is 5.32 Å². The lowest BCUT2D eigenvalue weighted by Crippen LogP contribution is -2.43. The zero-order chi connectivity index (χ0) is 13.8. The van der Waals surface area contributed by atoms with Gasteiger partial charge in [-0.15, -0.1) is 0 Å². The van der Waals surface area contributed by atoms with Gasteiger partial charge in [-0.1, -0.05) is 17.7 Å². The molecule has 1 aromatic rings. The lowest BCUT2D eigenvalue weighted by molar-refractivity contribution is -0.129. The van der Waals surface area contributed by atoms with Crippen LogP contribution < -0.4 is 5.32 Å². The maximum Gasteiger partial charge on any atom is 0.219 e. The summed E-state index contributed by atoms with van der Waals surface area (Å²) in [4.78, 5) is 13.1. The van der Waals surface area contributed by atoms with Crippen LogP contribution in [0, 0.1) is 5.82 Å². The molecule has 1 aromatic carbocycles. The number of hydrogen-bond acceptors (Lipinski definition) is 2. The fourth-order valence-electron chi connectivity index (χ4n) is 2.31. The molecular weight excluding hydrogens is 267 g/mol. The second kappa shape index (κ2) is 6.35. The van der Waals surface area contributed by atoms with E-state index in [0.29, 0.717) is 12.6 Å². The van der Waals surface area contributed by atoms with Crippen molar-refractivity contribution < 1.29 is 9.18 Å². The molecule has 0 spiro atoms. The third kappa shape index (κ3) is 3.91. The number of carbonyl (C=O) groups is 1. The van der Waals surface area contributed by atoms with Gasteiger partial charge in [0.2, 0.25) is 5.91 Å². The highest BCUT2D eigenvalue weighted by Gasteiger charge is 2.20. The van der Waals surface area contributed by atoms with Gasteiger partial charge in [0.15, 0.2) is 0 Å². The van der Waals surface area contributed by atoms with Gasteiger partial charge in [0.25, 0.3) is 0 Å². The lowest BCUT2D eigenvalue weighted by atomic mass is 10.0. The molecule has 2 rings (SSSR count). The third-order valence-electron chi connectivity index (χ3n) is 3.52. The minimum atomic E-state index is -0.389. The zero-order valence-corrected chi connectivity index (χ0v) is 11.7. The Kier molecular flexibility index (Phi) is 4.77. The number of nitrogens with zero attached hydrogens (tertiary/aromatic N) is 1. The Labute approximate surface area is 117 Å². The summed E-state index contributed by atoms with van der Waals surface area (Å²) in [5, 5.41) is 3.58. The molecule has 3 nitrogen and oxygen atoms in total. The van der Waals surface area contributed by atoms with Gasteiger partial charge in [0, 0.05) is 32.6 Å². The molecule has 0 saturated carbocycles. The molecule has 1 aliphatic heterocycles. The van der Waals surface area contributed by atoms with Crippen LogP contribution in [0.5, 0.6) is 0 Å². The van der Waals surface area contributed by atoms with Crippen molar-refractivity contribution >= 4 is 17.5 Å². The molecule has 0 aliphatic carbocycles. The number of rotatable bonds is 3. The lowest BCUT2D eigenvalue weighted by Gasteiger charge is -2.31. The first-order valence-corrected chi connectivity index (χ1v) is 6.87. The van der Waals surface area contributed by atoms with Gasteiger partial charge in [-0.3, -0.25) is 4.79 Å². The van der Waals surface area contributed by atoms with E-state index in [1.807, 2.05) is 4.90 Å².